The maximum absolute atomic E-state index is 10.9. The van der Waals surface area contributed by atoms with Crippen molar-refractivity contribution in [1.29, 1.82) is 0 Å². The minimum Gasteiger partial charge on any atom is -0.493 e. The van der Waals surface area contributed by atoms with E-state index < -0.39 is 5.97 Å². The Labute approximate surface area is 137 Å². The molecule has 0 aliphatic carbocycles. The van der Waals surface area contributed by atoms with Crippen LogP contribution in [0.25, 0.3) is 11.1 Å². The molecule has 0 aliphatic heterocycles. The third kappa shape index (κ3) is 5.13. The summed E-state index contributed by atoms with van der Waals surface area (Å²) in [6, 6.07) is 14.8. The van der Waals surface area contributed by atoms with Crippen LogP contribution in [0.1, 0.15) is 43.5 Å². The summed E-state index contributed by atoms with van der Waals surface area (Å²) >= 11 is 0. The van der Waals surface area contributed by atoms with Crippen molar-refractivity contribution in [3.63, 3.8) is 0 Å². The van der Waals surface area contributed by atoms with Gasteiger partial charge in [-0.15, -0.1) is 0 Å². The minimum absolute atomic E-state index is 0.301. The summed E-state index contributed by atoms with van der Waals surface area (Å²) in [5.74, 6) is 0.537. The summed E-state index contributed by atoms with van der Waals surface area (Å²) in [6.45, 7) is 5.16. The van der Waals surface area contributed by atoms with E-state index in [-0.39, 0.29) is 0 Å². The van der Waals surface area contributed by atoms with Gasteiger partial charge in [0.05, 0.1) is 12.2 Å². The highest BCUT2D eigenvalue weighted by Crippen LogP contribution is 2.23. The second kappa shape index (κ2) is 8.37. The predicted molar refractivity (Wildman–Crippen MR) is 93.0 cm³/mol. The van der Waals surface area contributed by atoms with Crippen LogP contribution in [0.4, 0.5) is 0 Å². The minimum atomic E-state index is -0.905. The highest BCUT2D eigenvalue weighted by molar-refractivity contribution is 5.88. The van der Waals surface area contributed by atoms with E-state index in [4.69, 9.17) is 9.84 Å². The fraction of sp³-hybridized carbons (Fsp3) is 0.350. The number of ether oxygens (including phenoxy) is 1. The van der Waals surface area contributed by atoms with E-state index in [1.165, 1.54) is 19.3 Å². The normalized spacial score (nSPS) is 11.9. The number of hydrogen-bond donors (Lipinski definition) is 1. The van der Waals surface area contributed by atoms with Gasteiger partial charge in [0.15, 0.2) is 0 Å². The molecule has 0 spiro atoms. The van der Waals surface area contributed by atoms with Gasteiger partial charge in [-0.05, 0) is 47.7 Å². The zero-order chi connectivity index (χ0) is 16.7. The van der Waals surface area contributed by atoms with Crippen molar-refractivity contribution in [3.05, 3.63) is 54.1 Å². The maximum atomic E-state index is 10.9. The second-order valence-corrected chi connectivity index (χ2v) is 5.97. The van der Waals surface area contributed by atoms with Crippen LogP contribution in [0.3, 0.4) is 0 Å². The van der Waals surface area contributed by atoms with Crippen LogP contribution in [0.5, 0.6) is 5.75 Å². The molecule has 2 rings (SSSR count). The fourth-order valence-corrected chi connectivity index (χ4v) is 2.42. The molecule has 0 bridgehead atoms. The van der Waals surface area contributed by atoms with Crippen molar-refractivity contribution < 1.29 is 14.6 Å². The number of benzene rings is 2. The molecule has 1 atom stereocenters. The first kappa shape index (κ1) is 17.1. The number of rotatable bonds is 8. The number of hydrogen-bond acceptors (Lipinski definition) is 2. The van der Waals surface area contributed by atoms with Crippen molar-refractivity contribution in [3.8, 4) is 16.9 Å². The molecular formula is C20H24O3. The molecule has 3 nitrogen and oxygen atoms in total. The predicted octanol–water partition coefficient (Wildman–Crippen LogP) is 5.26. The number of carbonyl (C=O) groups is 1. The lowest BCUT2D eigenvalue weighted by molar-refractivity contribution is 0.0697. The molecule has 2 aromatic rings. The Kier molecular flexibility index (Phi) is 6.21. The fourth-order valence-electron chi connectivity index (χ4n) is 2.42. The molecule has 23 heavy (non-hydrogen) atoms. The van der Waals surface area contributed by atoms with Gasteiger partial charge in [0.25, 0.3) is 0 Å². The highest BCUT2D eigenvalue weighted by Gasteiger charge is 2.05. The van der Waals surface area contributed by atoms with Gasteiger partial charge in [-0.2, -0.15) is 0 Å². The van der Waals surface area contributed by atoms with E-state index in [0.29, 0.717) is 11.5 Å². The number of unbranched alkanes of at least 4 members (excludes halogenated alkanes) is 1. The van der Waals surface area contributed by atoms with E-state index in [2.05, 4.69) is 13.8 Å². The molecule has 2 aromatic carbocycles. The third-order valence-corrected chi connectivity index (χ3v) is 3.90. The Morgan fingerprint density at radius 1 is 1.04 bits per heavy atom. The van der Waals surface area contributed by atoms with Crippen molar-refractivity contribution in [2.75, 3.05) is 6.61 Å². The largest absolute Gasteiger partial charge is 0.493 e. The molecule has 0 amide bonds. The molecule has 3 heteroatoms. The molecule has 0 heterocycles. The van der Waals surface area contributed by atoms with Crippen LogP contribution < -0.4 is 4.74 Å². The monoisotopic (exact) mass is 312 g/mol. The van der Waals surface area contributed by atoms with Gasteiger partial charge >= 0.3 is 5.97 Å². The Morgan fingerprint density at radius 3 is 2.13 bits per heavy atom. The Balaban J connectivity index is 1.95. The smallest absolute Gasteiger partial charge is 0.335 e. The molecule has 0 fully saturated rings. The first-order valence-electron chi connectivity index (χ1n) is 8.16. The van der Waals surface area contributed by atoms with E-state index in [9.17, 15) is 4.79 Å². The van der Waals surface area contributed by atoms with Gasteiger partial charge in [-0.3, -0.25) is 0 Å². The highest BCUT2D eigenvalue weighted by atomic mass is 16.5. The molecular weight excluding hydrogens is 288 g/mol. The topological polar surface area (TPSA) is 46.5 Å². The lowest BCUT2D eigenvalue weighted by Crippen LogP contribution is -2.08. The van der Waals surface area contributed by atoms with Crippen LogP contribution in [-0.4, -0.2) is 17.7 Å². The summed E-state index contributed by atoms with van der Waals surface area (Å²) in [5, 5.41) is 8.92. The SMILES string of the molecule is CCCCC(C)COc1ccc(-c2ccc(C(=O)O)cc2)cc1. The van der Waals surface area contributed by atoms with E-state index in [1.54, 1.807) is 12.1 Å². The molecule has 1 N–H and O–H groups in total. The van der Waals surface area contributed by atoms with E-state index >= 15 is 0 Å². The van der Waals surface area contributed by atoms with Gasteiger partial charge in [0.1, 0.15) is 5.75 Å². The maximum Gasteiger partial charge on any atom is 0.335 e. The first-order valence-corrected chi connectivity index (χ1v) is 8.16. The molecule has 0 radical (unpaired) electrons. The first-order chi connectivity index (χ1) is 11.1. The Hall–Kier alpha value is -2.29. The Morgan fingerprint density at radius 2 is 1.61 bits per heavy atom. The zero-order valence-corrected chi connectivity index (χ0v) is 13.8. The average molecular weight is 312 g/mol. The van der Waals surface area contributed by atoms with Crippen molar-refractivity contribution in [1.82, 2.24) is 0 Å². The van der Waals surface area contributed by atoms with Gasteiger partial charge in [-0.1, -0.05) is 51.0 Å². The second-order valence-electron chi connectivity index (χ2n) is 5.97. The van der Waals surface area contributed by atoms with Crippen LogP contribution >= 0.6 is 0 Å². The van der Waals surface area contributed by atoms with Crippen LogP contribution in [0.15, 0.2) is 48.5 Å². The quantitative estimate of drug-likeness (QED) is 0.723. The summed E-state index contributed by atoms with van der Waals surface area (Å²) in [4.78, 5) is 10.9. The van der Waals surface area contributed by atoms with Crippen LogP contribution in [-0.2, 0) is 0 Å². The number of carboxylic acid groups (broad SMARTS) is 1. The summed E-state index contributed by atoms with van der Waals surface area (Å²) in [5.41, 5.74) is 2.35. The van der Waals surface area contributed by atoms with Crippen molar-refractivity contribution >= 4 is 5.97 Å². The Bertz CT molecular complexity index is 614. The van der Waals surface area contributed by atoms with E-state index in [1.807, 2.05) is 36.4 Å². The lowest BCUT2D eigenvalue weighted by atomic mass is 10.0. The standard InChI is InChI=1S/C20H24O3/c1-3-4-5-15(2)14-23-19-12-10-17(11-13-19)16-6-8-18(9-7-16)20(21)22/h6-13,15H,3-5,14H2,1-2H3,(H,21,22). The van der Waals surface area contributed by atoms with Gasteiger partial charge in [-0.25, -0.2) is 4.79 Å². The third-order valence-electron chi connectivity index (χ3n) is 3.90. The average Bonchev–Trinajstić information content (AvgIpc) is 2.58. The molecule has 0 aliphatic rings. The molecule has 0 aromatic heterocycles. The van der Waals surface area contributed by atoms with Gasteiger partial charge in [0.2, 0.25) is 0 Å². The number of aromatic carboxylic acids is 1. The number of carboxylic acids is 1. The van der Waals surface area contributed by atoms with Crippen LogP contribution in [0.2, 0.25) is 0 Å². The summed E-state index contributed by atoms with van der Waals surface area (Å²) in [6.07, 6.45) is 3.67. The summed E-state index contributed by atoms with van der Waals surface area (Å²) < 4.78 is 5.83. The van der Waals surface area contributed by atoms with Gasteiger partial charge < -0.3 is 9.84 Å². The van der Waals surface area contributed by atoms with Crippen LogP contribution in [0, 0.1) is 5.92 Å². The zero-order valence-electron chi connectivity index (χ0n) is 13.8. The molecule has 0 saturated heterocycles. The van der Waals surface area contributed by atoms with E-state index in [0.717, 1.165) is 23.5 Å². The molecule has 122 valence electrons. The lowest BCUT2D eigenvalue weighted by Gasteiger charge is -2.13. The molecule has 1 unspecified atom stereocenters. The summed E-state index contributed by atoms with van der Waals surface area (Å²) in [7, 11) is 0. The van der Waals surface area contributed by atoms with Crippen molar-refractivity contribution in [2.24, 2.45) is 5.92 Å². The van der Waals surface area contributed by atoms with Crippen molar-refractivity contribution in [2.45, 2.75) is 33.1 Å². The molecule has 0 saturated carbocycles. The van der Waals surface area contributed by atoms with Gasteiger partial charge in [0, 0.05) is 0 Å².